The molecule has 3 aromatic rings. The van der Waals surface area contributed by atoms with E-state index in [-0.39, 0.29) is 18.0 Å². The Balaban J connectivity index is 1.66. The number of thiazole rings is 1. The number of aromatic nitrogens is 3. The fraction of sp³-hybridized carbons (Fsp3) is 0.263. The summed E-state index contributed by atoms with van der Waals surface area (Å²) in [5.41, 5.74) is 3.02. The van der Waals surface area contributed by atoms with Gasteiger partial charge in [-0.3, -0.25) is 14.2 Å². The SMILES string of the molecule is Cc1nc(-c2ccccc2)sc1CNC(=O)Cn1cnc(C)c(C)c1=O. The molecule has 2 heterocycles. The monoisotopic (exact) mass is 368 g/mol. The highest BCUT2D eigenvalue weighted by Gasteiger charge is 2.12. The fourth-order valence-electron chi connectivity index (χ4n) is 2.47. The van der Waals surface area contributed by atoms with Crippen LogP contribution in [-0.4, -0.2) is 20.4 Å². The Morgan fingerprint density at radius 3 is 2.62 bits per heavy atom. The Morgan fingerprint density at radius 1 is 1.15 bits per heavy atom. The van der Waals surface area contributed by atoms with E-state index in [2.05, 4.69) is 15.3 Å². The van der Waals surface area contributed by atoms with E-state index in [1.165, 1.54) is 10.9 Å². The molecule has 1 amide bonds. The number of carbonyl (C=O) groups excluding carboxylic acids is 1. The van der Waals surface area contributed by atoms with Crippen molar-refractivity contribution in [1.82, 2.24) is 19.9 Å². The van der Waals surface area contributed by atoms with E-state index in [0.29, 0.717) is 17.8 Å². The van der Waals surface area contributed by atoms with E-state index in [4.69, 9.17) is 0 Å². The summed E-state index contributed by atoms with van der Waals surface area (Å²) in [5.74, 6) is -0.230. The van der Waals surface area contributed by atoms with Gasteiger partial charge in [0.25, 0.3) is 5.56 Å². The van der Waals surface area contributed by atoms with Crippen LogP contribution < -0.4 is 10.9 Å². The molecule has 1 N–H and O–H groups in total. The van der Waals surface area contributed by atoms with Crippen molar-refractivity contribution in [2.45, 2.75) is 33.9 Å². The Labute approximate surface area is 155 Å². The second kappa shape index (κ2) is 7.61. The van der Waals surface area contributed by atoms with Gasteiger partial charge in [-0.25, -0.2) is 9.97 Å². The van der Waals surface area contributed by atoms with Gasteiger partial charge in [0, 0.05) is 21.7 Å². The van der Waals surface area contributed by atoms with Gasteiger partial charge in [0.05, 0.1) is 18.6 Å². The molecule has 0 saturated carbocycles. The molecule has 3 rings (SSSR count). The summed E-state index contributed by atoms with van der Waals surface area (Å²) < 4.78 is 1.33. The molecule has 0 aliphatic rings. The molecule has 0 unspecified atom stereocenters. The zero-order chi connectivity index (χ0) is 18.7. The summed E-state index contributed by atoms with van der Waals surface area (Å²) in [4.78, 5) is 34.1. The summed E-state index contributed by atoms with van der Waals surface area (Å²) in [5, 5.41) is 3.79. The number of hydrogen-bond donors (Lipinski definition) is 1. The molecule has 0 atom stereocenters. The summed E-state index contributed by atoms with van der Waals surface area (Å²) in [6, 6.07) is 9.94. The second-order valence-electron chi connectivity index (χ2n) is 6.06. The van der Waals surface area contributed by atoms with Gasteiger partial charge in [-0.05, 0) is 20.8 Å². The molecule has 6 nitrogen and oxygen atoms in total. The summed E-state index contributed by atoms with van der Waals surface area (Å²) >= 11 is 1.56. The van der Waals surface area contributed by atoms with Crippen molar-refractivity contribution in [3.63, 3.8) is 0 Å². The molecule has 26 heavy (non-hydrogen) atoms. The zero-order valence-corrected chi connectivity index (χ0v) is 15.8. The van der Waals surface area contributed by atoms with Crippen LogP contribution in [0, 0.1) is 20.8 Å². The molecule has 0 fully saturated rings. The molecule has 0 spiro atoms. The average molecular weight is 368 g/mol. The first-order valence-corrected chi connectivity index (χ1v) is 9.08. The lowest BCUT2D eigenvalue weighted by Crippen LogP contribution is -2.33. The van der Waals surface area contributed by atoms with Gasteiger partial charge in [-0.15, -0.1) is 11.3 Å². The highest BCUT2D eigenvalue weighted by molar-refractivity contribution is 7.15. The predicted molar refractivity (Wildman–Crippen MR) is 102 cm³/mol. The van der Waals surface area contributed by atoms with Gasteiger partial charge in [0.15, 0.2) is 0 Å². The van der Waals surface area contributed by atoms with Gasteiger partial charge >= 0.3 is 0 Å². The third-order valence-corrected chi connectivity index (χ3v) is 5.40. The van der Waals surface area contributed by atoms with Crippen LogP contribution in [-0.2, 0) is 17.9 Å². The van der Waals surface area contributed by atoms with Crippen LogP contribution >= 0.6 is 11.3 Å². The smallest absolute Gasteiger partial charge is 0.256 e. The summed E-state index contributed by atoms with van der Waals surface area (Å²) in [6.45, 7) is 5.77. The second-order valence-corrected chi connectivity index (χ2v) is 7.14. The Kier molecular flexibility index (Phi) is 5.27. The van der Waals surface area contributed by atoms with Crippen LogP contribution in [0.15, 0.2) is 41.5 Å². The van der Waals surface area contributed by atoms with Gasteiger partial charge in [0.1, 0.15) is 11.6 Å². The Morgan fingerprint density at radius 2 is 1.88 bits per heavy atom. The minimum atomic E-state index is -0.230. The van der Waals surface area contributed by atoms with Crippen molar-refractivity contribution in [3.05, 3.63) is 68.8 Å². The first kappa shape index (κ1) is 18.0. The fourth-order valence-corrected chi connectivity index (χ4v) is 3.48. The highest BCUT2D eigenvalue weighted by atomic mass is 32.1. The number of aryl methyl sites for hydroxylation is 2. The van der Waals surface area contributed by atoms with Crippen molar-refractivity contribution >= 4 is 17.2 Å². The van der Waals surface area contributed by atoms with Crippen molar-refractivity contribution in [1.29, 1.82) is 0 Å². The molecular weight excluding hydrogens is 348 g/mol. The van der Waals surface area contributed by atoms with Gasteiger partial charge in [-0.1, -0.05) is 30.3 Å². The zero-order valence-electron chi connectivity index (χ0n) is 14.9. The number of carbonyl (C=O) groups is 1. The number of benzene rings is 1. The molecule has 0 radical (unpaired) electrons. The summed E-state index contributed by atoms with van der Waals surface area (Å²) in [6.07, 6.45) is 1.41. The number of nitrogens with one attached hydrogen (secondary N) is 1. The van der Waals surface area contributed by atoms with Crippen LogP contribution in [0.1, 0.15) is 21.8 Å². The molecule has 0 bridgehead atoms. The van der Waals surface area contributed by atoms with Gasteiger partial charge < -0.3 is 5.32 Å². The minimum Gasteiger partial charge on any atom is -0.350 e. The lowest BCUT2D eigenvalue weighted by Gasteiger charge is -2.08. The predicted octanol–water partition coefficient (Wildman–Crippen LogP) is 2.61. The maximum absolute atomic E-state index is 12.2. The van der Waals surface area contributed by atoms with Crippen LogP contribution in [0.5, 0.6) is 0 Å². The molecule has 134 valence electrons. The van der Waals surface area contributed by atoms with Crippen LogP contribution in [0.2, 0.25) is 0 Å². The standard InChI is InChI=1S/C19H20N4O2S/c1-12-13(2)21-11-23(19(12)25)10-17(24)20-9-16-14(3)22-18(26-16)15-7-5-4-6-8-15/h4-8,11H,9-10H2,1-3H3,(H,20,24). The number of amides is 1. The lowest BCUT2D eigenvalue weighted by atomic mass is 10.2. The molecular formula is C19H20N4O2S. The van der Waals surface area contributed by atoms with E-state index in [1.807, 2.05) is 37.3 Å². The third-order valence-electron chi connectivity index (χ3n) is 4.19. The van der Waals surface area contributed by atoms with Gasteiger partial charge in [-0.2, -0.15) is 0 Å². The van der Waals surface area contributed by atoms with Crippen molar-refractivity contribution < 1.29 is 4.79 Å². The molecule has 0 saturated heterocycles. The first-order valence-electron chi connectivity index (χ1n) is 8.26. The van der Waals surface area contributed by atoms with Crippen molar-refractivity contribution in [3.8, 4) is 10.6 Å². The van der Waals surface area contributed by atoms with E-state index in [9.17, 15) is 9.59 Å². The number of rotatable bonds is 5. The van der Waals surface area contributed by atoms with E-state index < -0.39 is 0 Å². The Bertz CT molecular complexity index is 993. The normalized spacial score (nSPS) is 10.7. The van der Waals surface area contributed by atoms with Crippen LogP contribution in [0.3, 0.4) is 0 Å². The van der Waals surface area contributed by atoms with Crippen LogP contribution in [0.25, 0.3) is 10.6 Å². The number of hydrogen-bond acceptors (Lipinski definition) is 5. The average Bonchev–Trinajstić information content (AvgIpc) is 3.02. The maximum atomic E-state index is 12.2. The minimum absolute atomic E-state index is 0.0453. The topological polar surface area (TPSA) is 76.9 Å². The first-order chi connectivity index (χ1) is 12.5. The van der Waals surface area contributed by atoms with E-state index >= 15 is 0 Å². The van der Waals surface area contributed by atoms with Crippen molar-refractivity contribution in [2.24, 2.45) is 0 Å². The highest BCUT2D eigenvalue weighted by Crippen LogP contribution is 2.27. The lowest BCUT2D eigenvalue weighted by molar-refractivity contribution is -0.121. The largest absolute Gasteiger partial charge is 0.350 e. The Hall–Kier alpha value is -2.80. The molecule has 7 heteroatoms. The molecule has 0 aliphatic carbocycles. The number of nitrogens with zero attached hydrogens (tertiary/aromatic N) is 3. The van der Waals surface area contributed by atoms with Gasteiger partial charge in [0.2, 0.25) is 5.91 Å². The maximum Gasteiger partial charge on any atom is 0.256 e. The summed E-state index contributed by atoms with van der Waals surface area (Å²) in [7, 11) is 0. The van der Waals surface area contributed by atoms with E-state index in [1.54, 1.807) is 25.2 Å². The quantitative estimate of drug-likeness (QED) is 0.751. The third kappa shape index (κ3) is 3.88. The van der Waals surface area contributed by atoms with E-state index in [0.717, 1.165) is 21.1 Å². The van der Waals surface area contributed by atoms with Crippen LogP contribution in [0.4, 0.5) is 0 Å². The molecule has 1 aromatic carbocycles. The van der Waals surface area contributed by atoms with Crippen molar-refractivity contribution in [2.75, 3.05) is 0 Å². The molecule has 0 aliphatic heterocycles. The molecule has 2 aromatic heterocycles.